The number of carbonyl (C=O) groups is 2. The first-order valence-electron chi connectivity index (χ1n) is 6.49. The Hall–Kier alpha value is -2.34. The number of hydrogen-bond donors (Lipinski definition) is 1. The summed E-state index contributed by atoms with van der Waals surface area (Å²) in [5.74, 6) is -1.07. The molecule has 0 fully saturated rings. The van der Waals surface area contributed by atoms with E-state index in [4.69, 9.17) is 26.0 Å². The van der Waals surface area contributed by atoms with Gasteiger partial charge in [0.05, 0.1) is 24.8 Å². The van der Waals surface area contributed by atoms with E-state index in [2.05, 4.69) is 5.16 Å². The third-order valence-corrected chi connectivity index (χ3v) is 3.39. The molecule has 1 aromatic heterocycles. The van der Waals surface area contributed by atoms with Gasteiger partial charge in [0.2, 0.25) is 0 Å². The van der Waals surface area contributed by atoms with E-state index in [9.17, 15) is 9.59 Å². The highest BCUT2D eigenvalue weighted by Crippen LogP contribution is 2.33. The molecule has 0 spiro atoms. The van der Waals surface area contributed by atoms with Crippen molar-refractivity contribution in [2.24, 2.45) is 0 Å². The summed E-state index contributed by atoms with van der Waals surface area (Å²) in [5, 5.41) is 13.1. The molecule has 0 amide bonds. The normalized spacial score (nSPS) is 10.5. The lowest BCUT2D eigenvalue weighted by molar-refractivity contribution is -0.137. The molecule has 6 nitrogen and oxygen atoms in total. The van der Waals surface area contributed by atoms with Gasteiger partial charge in [0.25, 0.3) is 0 Å². The zero-order valence-corrected chi connectivity index (χ0v) is 12.8. The van der Waals surface area contributed by atoms with Crippen LogP contribution in [-0.2, 0) is 16.0 Å². The van der Waals surface area contributed by atoms with Crippen molar-refractivity contribution < 1.29 is 24.0 Å². The lowest BCUT2D eigenvalue weighted by Crippen LogP contribution is -2.05. The molecule has 2 rings (SSSR count). The third-order valence-electron chi connectivity index (χ3n) is 3.16. The standard InChI is InChI=1S/C15H14ClNO5/c1-8-14(12(22-17-8)5-6-13(18)19)10-4-3-9(16)7-11(10)15(20)21-2/h3-4,7H,5-6H2,1-2H3,(H,18,19). The highest BCUT2D eigenvalue weighted by molar-refractivity contribution is 6.31. The zero-order chi connectivity index (χ0) is 16.3. The minimum absolute atomic E-state index is 0.0945. The second kappa shape index (κ2) is 6.62. The van der Waals surface area contributed by atoms with Crippen molar-refractivity contribution in [3.63, 3.8) is 0 Å². The smallest absolute Gasteiger partial charge is 0.338 e. The summed E-state index contributed by atoms with van der Waals surface area (Å²) in [4.78, 5) is 22.7. The molecule has 0 aliphatic rings. The number of carboxylic acids is 1. The molecule has 0 bridgehead atoms. The van der Waals surface area contributed by atoms with E-state index in [1.165, 1.54) is 13.2 Å². The molecule has 2 aromatic rings. The number of nitrogens with zero attached hydrogens (tertiary/aromatic N) is 1. The average molecular weight is 324 g/mol. The second-order valence-electron chi connectivity index (χ2n) is 4.64. The number of carbonyl (C=O) groups excluding carboxylic acids is 1. The number of aliphatic carboxylic acids is 1. The van der Waals surface area contributed by atoms with Gasteiger partial charge in [-0.3, -0.25) is 4.79 Å². The minimum Gasteiger partial charge on any atom is -0.481 e. The van der Waals surface area contributed by atoms with E-state index in [0.717, 1.165) is 0 Å². The molecule has 1 N–H and O–H groups in total. The fraction of sp³-hybridized carbons (Fsp3) is 0.267. The van der Waals surface area contributed by atoms with E-state index in [-0.39, 0.29) is 18.4 Å². The second-order valence-corrected chi connectivity index (χ2v) is 5.08. The SMILES string of the molecule is COC(=O)c1cc(Cl)ccc1-c1c(C)noc1CCC(=O)O. The first-order chi connectivity index (χ1) is 10.4. The van der Waals surface area contributed by atoms with Gasteiger partial charge in [0.1, 0.15) is 5.76 Å². The Balaban J connectivity index is 2.54. The summed E-state index contributed by atoms with van der Waals surface area (Å²) in [7, 11) is 1.28. The fourth-order valence-corrected chi connectivity index (χ4v) is 2.34. The van der Waals surface area contributed by atoms with Gasteiger partial charge < -0.3 is 14.4 Å². The van der Waals surface area contributed by atoms with E-state index in [1.54, 1.807) is 19.1 Å². The Morgan fingerprint density at radius 2 is 2.14 bits per heavy atom. The molecule has 116 valence electrons. The quantitative estimate of drug-likeness (QED) is 0.850. The van der Waals surface area contributed by atoms with Crippen molar-refractivity contribution in [1.29, 1.82) is 0 Å². The van der Waals surface area contributed by atoms with Gasteiger partial charge in [0.15, 0.2) is 0 Å². The Labute approximate surface area is 131 Å². The van der Waals surface area contributed by atoms with Crippen LogP contribution in [0.5, 0.6) is 0 Å². The zero-order valence-electron chi connectivity index (χ0n) is 12.1. The van der Waals surface area contributed by atoms with Crippen LogP contribution in [0.25, 0.3) is 11.1 Å². The number of rotatable bonds is 5. The number of aromatic nitrogens is 1. The molecule has 22 heavy (non-hydrogen) atoms. The van der Waals surface area contributed by atoms with Crippen molar-refractivity contribution >= 4 is 23.5 Å². The minimum atomic E-state index is -0.940. The summed E-state index contributed by atoms with van der Waals surface area (Å²) in [6.45, 7) is 1.72. The molecule has 7 heteroatoms. The third kappa shape index (κ3) is 3.28. The van der Waals surface area contributed by atoms with Crippen LogP contribution < -0.4 is 0 Å². The first kappa shape index (κ1) is 16.0. The van der Waals surface area contributed by atoms with Crippen LogP contribution in [0.1, 0.15) is 28.2 Å². The van der Waals surface area contributed by atoms with Crippen LogP contribution in [0.4, 0.5) is 0 Å². The Bertz CT molecular complexity index is 723. The van der Waals surface area contributed by atoms with Crippen LogP contribution in [0, 0.1) is 6.92 Å². The van der Waals surface area contributed by atoms with E-state index in [0.29, 0.717) is 27.6 Å². The largest absolute Gasteiger partial charge is 0.481 e. The van der Waals surface area contributed by atoms with E-state index < -0.39 is 11.9 Å². The number of ether oxygens (including phenoxy) is 1. The van der Waals surface area contributed by atoms with Crippen LogP contribution in [-0.4, -0.2) is 29.3 Å². The molecule has 0 unspecified atom stereocenters. The Morgan fingerprint density at radius 3 is 2.77 bits per heavy atom. The fourth-order valence-electron chi connectivity index (χ4n) is 2.17. The van der Waals surface area contributed by atoms with Crippen molar-refractivity contribution in [3.8, 4) is 11.1 Å². The predicted molar refractivity (Wildman–Crippen MR) is 79.0 cm³/mol. The molecule has 0 aliphatic carbocycles. The molecule has 1 aromatic carbocycles. The predicted octanol–water partition coefficient (Wildman–Crippen LogP) is 3.11. The van der Waals surface area contributed by atoms with Crippen molar-refractivity contribution in [1.82, 2.24) is 5.16 Å². The average Bonchev–Trinajstić information content (AvgIpc) is 2.85. The maximum absolute atomic E-state index is 11.9. The number of benzene rings is 1. The summed E-state index contributed by atoms with van der Waals surface area (Å²) < 4.78 is 9.97. The lowest BCUT2D eigenvalue weighted by Gasteiger charge is -2.09. The highest BCUT2D eigenvalue weighted by Gasteiger charge is 2.22. The van der Waals surface area contributed by atoms with Gasteiger partial charge in [-0.05, 0) is 19.1 Å². The van der Waals surface area contributed by atoms with Crippen LogP contribution in [0.15, 0.2) is 22.7 Å². The maximum Gasteiger partial charge on any atom is 0.338 e. The van der Waals surface area contributed by atoms with Crippen LogP contribution >= 0.6 is 11.6 Å². The van der Waals surface area contributed by atoms with Crippen molar-refractivity contribution in [2.75, 3.05) is 7.11 Å². The molecular weight excluding hydrogens is 310 g/mol. The summed E-state index contributed by atoms with van der Waals surface area (Å²) in [5.41, 5.74) is 1.99. The summed E-state index contributed by atoms with van der Waals surface area (Å²) >= 11 is 5.94. The number of esters is 1. The summed E-state index contributed by atoms with van der Waals surface area (Å²) in [6, 6.07) is 4.80. The molecule has 0 saturated heterocycles. The lowest BCUT2D eigenvalue weighted by atomic mass is 9.96. The van der Waals surface area contributed by atoms with Crippen LogP contribution in [0.2, 0.25) is 5.02 Å². The number of hydrogen-bond acceptors (Lipinski definition) is 5. The number of methoxy groups -OCH3 is 1. The van der Waals surface area contributed by atoms with Gasteiger partial charge in [-0.2, -0.15) is 0 Å². The maximum atomic E-state index is 11.9. The Morgan fingerprint density at radius 1 is 1.41 bits per heavy atom. The molecule has 0 aliphatic heterocycles. The van der Waals surface area contributed by atoms with Gasteiger partial charge in [-0.25, -0.2) is 4.79 Å². The molecule has 1 heterocycles. The van der Waals surface area contributed by atoms with Crippen molar-refractivity contribution in [3.05, 3.63) is 40.2 Å². The Kier molecular flexibility index (Phi) is 4.82. The van der Waals surface area contributed by atoms with Crippen LogP contribution in [0.3, 0.4) is 0 Å². The molecule has 0 atom stereocenters. The van der Waals surface area contributed by atoms with Gasteiger partial charge in [0, 0.05) is 22.6 Å². The first-order valence-corrected chi connectivity index (χ1v) is 6.87. The van der Waals surface area contributed by atoms with E-state index >= 15 is 0 Å². The topological polar surface area (TPSA) is 89.6 Å². The van der Waals surface area contributed by atoms with Gasteiger partial charge in [-0.15, -0.1) is 0 Å². The number of aryl methyl sites for hydroxylation is 2. The molecule has 0 saturated carbocycles. The monoisotopic (exact) mass is 323 g/mol. The van der Waals surface area contributed by atoms with Crippen molar-refractivity contribution in [2.45, 2.75) is 19.8 Å². The number of carboxylic acid groups (broad SMARTS) is 1. The molecular formula is C15H14ClNO5. The summed E-state index contributed by atoms with van der Waals surface area (Å²) in [6.07, 6.45) is 0.0809. The van der Waals surface area contributed by atoms with E-state index in [1.807, 2.05) is 0 Å². The highest BCUT2D eigenvalue weighted by atomic mass is 35.5. The van der Waals surface area contributed by atoms with Gasteiger partial charge in [-0.1, -0.05) is 22.8 Å². The number of halogens is 1. The van der Waals surface area contributed by atoms with Gasteiger partial charge >= 0.3 is 11.9 Å². The molecule has 0 radical (unpaired) electrons.